The second-order valence-electron chi connectivity index (χ2n) is 8.43. The van der Waals surface area contributed by atoms with Gasteiger partial charge >= 0.3 is 5.97 Å². The minimum absolute atomic E-state index is 0.105. The summed E-state index contributed by atoms with van der Waals surface area (Å²) >= 11 is 0. The van der Waals surface area contributed by atoms with E-state index in [9.17, 15) is 9.90 Å². The first-order valence-electron chi connectivity index (χ1n) is 11.0. The molecular weight excluding hydrogens is 432 g/mol. The molecule has 8 nitrogen and oxygen atoms in total. The monoisotopic (exact) mass is 456 g/mol. The summed E-state index contributed by atoms with van der Waals surface area (Å²) in [5.74, 6) is -0.00710. The number of nitrogen functional groups attached to an aromatic ring is 1. The molecule has 0 saturated carbocycles. The zero-order chi connectivity index (χ0) is 23.8. The normalized spacial score (nSPS) is 11.5. The zero-order valence-corrected chi connectivity index (χ0v) is 18.9. The maximum absolute atomic E-state index is 11.2. The molecule has 0 atom stereocenters. The van der Waals surface area contributed by atoms with E-state index in [0.717, 1.165) is 33.1 Å². The quantitative estimate of drug-likeness (QED) is 0.345. The number of fused-ring (bicyclic) bond motifs is 2. The van der Waals surface area contributed by atoms with Crippen LogP contribution in [0, 0.1) is 0 Å². The lowest BCUT2D eigenvalue weighted by atomic mass is 10.0. The number of hydrogen-bond donors (Lipinski definition) is 2. The molecule has 0 saturated heterocycles. The fraction of sp³-hybridized carbons (Fsp3) is 0.192. The lowest BCUT2D eigenvalue weighted by molar-refractivity contribution is -0.136. The molecule has 8 heteroatoms. The van der Waals surface area contributed by atoms with Gasteiger partial charge in [0.1, 0.15) is 18.1 Å². The molecule has 0 fully saturated rings. The molecule has 0 unspecified atom stereocenters. The highest BCUT2D eigenvalue weighted by molar-refractivity contribution is 5.99. The van der Waals surface area contributed by atoms with E-state index in [1.165, 1.54) is 0 Å². The van der Waals surface area contributed by atoms with Crippen molar-refractivity contribution < 1.29 is 19.2 Å². The lowest BCUT2D eigenvalue weighted by Crippen LogP contribution is -2.06. The van der Waals surface area contributed by atoms with Crippen LogP contribution in [0.3, 0.4) is 0 Å². The van der Waals surface area contributed by atoms with Gasteiger partial charge in [-0.15, -0.1) is 0 Å². The molecule has 0 aliphatic carbocycles. The summed E-state index contributed by atoms with van der Waals surface area (Å²) in [6, 6.07) is 19.2. The van der Waals surface area contributed by atoms with Gasteiger partial charge in [0.2, 0.25) is 0 Å². The molecule has 172 valence electrons. The topological polar surface area (TPSA) is 116 Å². The number of nitrogens with zero attached hydrogens (tertiary/aromatic N) is 3. The van der Waals surface area contributed by atoms with Gasteiger partial charge in [0.25, 0.3) is 0 Å². The second-order valence-corrected chi connectivity index (χ2v) is 8.43. The van der Waals surface area contributed by atoms with Crippen LogP contribution < -0.4 is 10.5 Å². The van der Waals surface area contributed by atoms with Crippen LogP contribution in [0.15, 0.2) is 65.2 Å². The van der Waals surface area contributed by atoms with Gasteiger partial charge in [-0.1, -0.05) is 41.6 Å². The van der Waals surface area contributed by atoms with E-state index in [1.54, 1.807) is 18.2 Å². The fourth-order valence-corrected chi connectivity index (χ4v) is 4.18. The van der Waals surface area contributed by atoms with Gasteiger partial charge in [-0.2, -0.15) is 5.10 Å². The number of nitrogens with two attached hydrogens (primary N) is 1. The van der Waals surface area contributed by atoms with E-state index < -0.39 is 5.97 Å². The number of anilines is 1. The number of rotatable bonds is 7. The molecule has 2 heterocycles. The molecule has 0 bridgehead atoms. The minimum atomic E-state index is -0.905. The van der Waals surface area contributed by atoms with Crippen LogP contribution >= 0.6 is 0 Å². The van der Waals surface area contributed by atoms with Crippen molar-refractivity contribution >= 4 is 33.7 Å². The first-order valence-corrected chi connectivity index (χ1v) is 11.0. The first kappa shape index (κ1) is 21.5. The molecule has 3 aromatic carbocycles. The molecule has 5 rings (SSSR count). The highest BCUT2D eigenvalue weighted by atomic mass is 16.5. The summed E-state index contributed by atoms with van der Waals surface area (Å²) < 4.78 is 13.5. The van der Waals surface area contributed by atoms with Gasteiger partial charge in [-0.25, -0.2) is 0 Å². The van der Waals surface area contributed by atoms with Crippen molar-refractivity contribution in [3.63, 3.8) is 0 Å². The smallest absolute Gasteiger partial charge is 0.307 e. The third kappa shape index (κ3) is 3.83. The van der Waals surface area contributed by atoms with Crippen LogP contribution in [0.1, 0.15) is 31.1 Å². The zero-order valence-electron chi connectivity index (χ0n) is 18.9. The van der Waals surface area contributed by atoms with Crippen LogP contribution in [0.4, 0.5) is 5.82 Å². The van der Waals surface area contributed by atoms with Crippen molar-refractivity contribution in [3.8, 4) is 16.9 Å². The average Bonchev–Trinajstić information content (AvgIpc) is 3.38. The summed E-state index contributed by atoms with van der Waals surface area (Å²) in [7, 11) is 0. The van der Waals surface area contributed by atoms with Crippen LogP contribution in [-0.2, 0) is 17.8 Å². The number of carbonyl (C=O) groups is 1. The minimum Gasteiger partial charge on any atom is -0.487 e. The molecule has 34 heavy (non-hydrogen) atoms. The number of ether oxygens (including phenoxy) is 1. The summed E-state index contributed by atoms with van der Waals surface area (Å²) in [6.07, 6.45) is -0.105. The number of aromatic nitrogens is 3. The molecule has 0 amide bonds. The Kier molecular flexibility index (Phi) is 5.41. The number of carboxylic acid groups (broad SMARTS) is 1. The predicted octanol–water partition coefficient (Wildman–Crippen LogP) is 5.21. The Morgan fingerprint density at radius 2 is 1.94 bits per heavy atom. The number of aliphatic carboxylic acids is 1. The maximum Gasteiger partial charge on any atom is 0.307 e. The summed E-state index contributed by atoms with van der Waals surface area (Å²) in [5, 5.41) is 19.6. The Hall–Kier alpha value is -4.33. The Morgan fingerprint density at radius 1 is 1.12 bits per heavy atom. The van der Waals surface area contributed by atoms with Gasteiger partial charge in [0, 0.05) is 22.6 Å². The van der Waals surface area contributed by atoms with Crippen molar-refractivity contribution in [1.29, 1.82) is 0 Å². The summed E-state index contributed by atoms with van der Waals surface area (Å²) in [4.78, 5) is 11.2. The molecule has 2 aromatic heterocycles. The average molecular weight is 457 g/mol. The van der Waals surface area contributed by atoms with Gasteiger partial charge in [-0.3, -0.25) is 9.48 Å². The Bertz CT molecular complexity index is 1520. The molecule has 0 radical (unpaired) electrons. The fourth-order valence-electron chi connectivity index (χ4n) is 4.18. The molecule has 0 spiro atoms. The lowest BCUT2D eigenvalue weighted by Gasteiger charge is -2.09. The van der Waals surface area contributed by atoms with Gasteiger partial charge < -0.3 is 20.1 Å². The van der Waals surface area contributed by atoms with Crippen molar-refractivity contribution in [2.75, 3.05) is 5.73 Å². The number of hydrogen-bond acceptors (Lipinski definition) is 6. The van der Waals surface area contributed by atoms with Crippen molar-refractivity contribution in [2.24, 2.45) is 0 Å². The van der Waals surface area contributed by atoms with Crippen molar-refractivity contribution in [2.45, 2.75) is 32.9 Å². The van der Waals surface area contributed by atoms with Crippen LogP contribution in [-0.4, -0.2) is 26.0 Å². The SMILES string of the molecule is CC(C)n1nc(COc2ccccc2CC(=O)O)c2cc(-c3cccc4c(N)noc34)ccc21. The predicted molar refractivity (Wildman–Crippen MR) is 130 cm³/mol. The van der Waals surface area contributed by atoms with E-state index in [1.807, 2.05) is 41.1 Å². The largest absolute Gasteiger partial charge is 0.487 e. The van der Waals surface area contributed by atoms with Crippen molar-refractivity contribution in [3.05, 3.63) is 71.9 Å². The highest BCUT2D eigenvalue weighted by Gasteiger charge is 2.17. The van der Waals surface area contributed by atoms with Gasteiger partial charge in [0.05, 0.1) is 17.3 Å². The molecular formula is C26H24N4O4. The van der Waals surface area contributed by atoms with E-state index >= 15 is 0 Å². The second kappa shape index (κ2) is 8.55. The summed E-state index contributed by atoms with van der Waals surface area (Å²) in [5.41, 5.74) is 10.8. The van der Waals surface area contributed by atoms with E-state index in [0.29, 0.717) is 22.7 Å². The molecule has 0 aliphatic heterocycles. The van der Waals surface area contributed by atoms with Gasteiger partial charge in [0.15, 0.2) is 11.4 Å². The maximum atomic E-state index is 11.2. The summed E-state index contributed by atoms with van der Waals surface area (Å²) in [6.45, 7) is 4.35. The standard InChI is InChI=1S/C26H24N4O4/c1-15(2)30-22-11-10-16(18-7-5-8-19-25(18)34-29-26(19)27)12-20(22)21(28-30)14-33-23-9-4-3-6-17(23)13-24(31)32/h3-12,15H,13-14H2,1-2H3,(H2,27,29)(H,31,32). The van der Waals surface area contributed by atoms with Crippen LogP contribution in [0.25, 0.3) is 33.0 Å². The third-order valence-corrected chi connectivity index (χ3v) is 5.79. The van der Waals surface area contributed by atoms with Crippen molar-refractivity contribution in [1.82, 2.24) is 14.9 Å². The molecule has 5 aromatic rings. The molecule has 0 aliphatic rings. The number of para-hydroxylation sites is 2. The molecule has 3 N–H and O–H groups in total. The Morgan fingerprint density at radius 3 is 2.74 bits per heavy atom. The Labute approximate surface area is 195 Å². The van der Waals surface area contributed by atoms with Crippen LogP contribution in [0.2, 0.25) is 0 Å². The van der Waals surface area contributed by atoms with E-state index in [-0.39, 0.29) is 19.1 Å². The third-order valence-electron chi connectivity index (χ3n) is 5.79. The first-order chi connectivity index (χ1) is 16.4. The van der Waals surface area contributed by atoms with E-state index in [4.69, 9.17) is 20.1 Å². The van der Waals surface area contributed by atoms with Crippen LogP contribution in [0.5, 0.6) is 5.75 Å². The number of carboxylic acids is 1. The highest BCUT2D eigenvalue weighted by Crippen LogP contribution is 2.34. The van der Waals surface area contributed by atoms with E-state index in [2.05, 4.69) is 25.1 Å². The Balaban J connectivity index is 1.56. The van der Waals surface area contributed by atoms with Gasteiger partial charge in [-0.05, 0) is 43.7 Å². The number of benzene rings is 3.